The van der Waals surface area contributed by atoms with E-state index in [1.165, 1.54) is 23.5 Å². The Morgan fingerprint density at radius 2 is 1.17 bits per heavy atom. The highest BCUT2D eigenvalue weighted by molar-refractivity contribution is 8.25. The Bertz CT molecular complexity index is 1150. The van der Waals surface area contributed by atoms with E-state index < -0.39 is 11.4 Å². The number of carbonyl (C=O) groups excluding carboxylic acids is 4. The number of hydrogen-bond acceptors (Lipinski definition) is 9. The second kappa shape index (κ2) is 13.4. The molecule has 7 nitrogen and oxygen atoms in total. The number of esters is 3. The summed E-state index contributed by atoms with van der Waals surface area (Å²) < 4.78 is 17.6. The number of thioether (sulfide) groups is 2. The number of rotatable bonds is 7. The summed E-state index contributed by atoms with van der Waals surface area (Å²) in [5, 5.41) is 0. The molecule has 0 radical (unpaired) electrons. The minimum Gasteiger partial charge on any atom is -0.462 e. The van der Waals surface area contributed by atoms with Gasteiger partial charge in [0.25, 0.3) is 0 Å². The molecule has 0 spiro atoms. The van der Waals surface area contributed by atoms with Gasteiger partial charge in [-0.05, 0) is 82.3 Å². The van der Waals surface area contributed by atoms with Crippen LogP contribution in [0.5, 0.6) is 11.5 Å². The van der Waals surface area contributed by atoms with Gasteiger partial charge in [-0.15, -0.1) is 0 Å². The van der Waals surface area contributed by atoms with Crippen LogP contribution < -0.4 is 9.47 Å². The number of fused-ring (bicyclic) bond motifs is 1. The zero-order chi connectivity index (χ0) is 29.9. The lowest BCUT2D eigenvalue weighted by Gasteiger charge is -2.25. The van der Waals surface area contributed by atoms with Gasteiger partial charge in [0.15, 0.2) is 5.78 Å². The molecule has 4 rings (SSSR count). The van der Waals surface area contributed by atoms with Crippen LogP contribution in [0.3, 0.4) is 0 Å². The molecule has 9 heteroatoms. The summed E-state index contributed by atoms with van der Waals surface area (Å²) in [6.07, 6.45) is 7.11. The third kappa shape index (κ3) is 7.58. The van der Waals surface area contributed by atoms with Crippen LogP contribution >= 0.6 is 23.5 Å². The number of ether oxygens (including phenoxy) is 3. The Balaban J connectivity index is 1.69. The first-order valence-corrected chi connectivity index (χ1v) is 16.4. The summed E-state index contributed by atoms with van der Waals surface area (Å²) in [6, 6.07) is 3.31. The quantitative estimate of drug-likeness (QED) is 0.102. The topological polar surface area (TPSA) is 96.0 Å². The molecular formula is C32H42O7S2. The van der Waals surface area contributed by atoms with E-state index in [2.05, 4.69) is 13.8 Å². The first kappa shape index (κ1) is 31.7. The summed E-state index contributed by atoms with van der Waals surface area (Å²) in [6.45, 7) is 11.5. The Morgan fingerprint density at radius 1 is 0.756 bits per heavy atom. The van der Waals surface area contributed by atoms with Crippen LogP contribution in [0.25, 0.3) is 0 Å². The molecule has 1 aliphatic heterocycles. The number of hydrogen-bond donors (Lipinski definition) is 0. The highest BCUT2D eigenvalue weighted by Gasteiger charge is 2.39. The van der Waals surface area contributed by atoms with Crippen LogP contribution in [0, 0.1) is 29.1 Å². The Hall–Kier alpha value is -2.26. The number of Topliss-reactive ketones (excluding diaryl/α,β-unsaturated/α-hetero) is 1. The normalized spacial score (nSPS) is 24.3. The second-order valence-electron chi connectivity index (χ2n) is 12.6. The molecule has 0 bridgehead atoms. The van der Waals surface area contributed by atoms with Crippen LogP contribution in [0.2, 0.25) is 0 Å². The zero-order valence-corrected chi connectivity index (χ0v) is 26.6. The predicted molar refractivity (Wildman–Crippen MR) is 160 cm³/mol. The molecule has 224 valence electrons. The van der Waals surface area contributed by atoms with Gasteiger partial charge in [-0.3, -0.25) is 14.4 Å². The molecule has 1 aromatic rings. The Labute approximate surface area is 251 Å². The van der Waals surface area contributed by atoms with Gasteiger partial charge in [0.2, 0.25) is 0 Å². The molecule has 0 saturated heterocycles. The molecule has 0 N–H and O–H groups in total. The van der Waals surface area contributed by atoms with Crippen LogP contribution in [0.15, 0.2) is 31.7 Å². The molecule has 41 heavy (non-hydrogen) atoms. The summed E-state index contributed by atoms with van der Waals surface area (Å²) in [5.41, 5.74) is -0.867. The van der Waals surface area contributed by atoms with Crippen molar-refractivity contribution in [3.63, 3.8) is 0 Å². The van der Waals surface area contributed by atoms with Gasteiger partial charge in [0.05, 0.1) is 32.5 Å². The molecule has 0 amide bonds. The average molecular weight is 603 g/mol. The van der Waals surface area contributed by atoms with Gasteiger partial charge in [0, 0.05) is 5.41 Å². The summed E-state index contributed by atoms with van der Waals surface area (Å²) in [7, 11) is 0. The minimum absolute atomic E-state index is 0.0392. The van der Waals surface area contributed by atoms with Crippen molar-refractivity contribution in [2.45, 2.75) is 103 Å². The zero-order valence-electron chi connectivity index (χ0n) is 25.0. The van der Waals surface area contributed by atoms with Crippen molar-refractivity contribution in [2.75, 3.05) is 6.61 Å². The molecule has 2 aliphatic carbocycles. The lowest BCUT2D eigenvalue weighted by Crippen LogP contribution is -2.28. The maximum Gasteiger partial charge on any atom is 0.343 e. The summed E-state index contributed by atoms with van der Waals surface area (Å²) in [4.78, 5) is 54.0. The fourth-order valence-corrected chi connectivity index (χ4v) is 8.06. The fourth-order valence-electron chi connectivity index (χ4n) is 5.41. The monoisotopic (exact) mass is 602 g/mol. The minimum atomic E-state index is -0.828. The van der Waals surface area contributed by atoms with Gasteiger partial charge in [0.1, 0.15) is 17.1 Å². The molecule has 0 aromatic heterocycles. The van der Waals surface area contributed by atoms with Crippen molar-refractivity contribution in [1.82, 2.24) is 0 Å². The number of carbonyl (C=O) groups is 4. The molecule has 2 fully saturated rings. The van der Waals surface area contributed by atoms with Crippen LogP contribution in [0.1, 0.15) is 92.9 Å². The summed E-state index contributed by atoms with van der Waals surface area (Å²) >= 11 is 2.38. The van der Waals surface area contributed by atoms with E-state index in [-0.39, 0.29) is 41.7 Å². The standard InChI is InChI=1S/C32H42O7S2/c1-7-37-30(36)24(27(33)32(4,5)6)31-40-25-22(38-28(34)20-12-8-18(2)9-13-20)16-17-23(26(25)41-31)39-29(35)21-14-10-19(3)11-15-21/h16-21H,7-15H2,1-6H3. The second-order valence-corrected chi connectivity index (χ2v) is 14.9. The van der Waals surface area contributed by atoms with E-state index in [4.69, 9.17) is 14.2 Å². The lowest BCUT2D eigenvalue weighted by atomic mass is 9.83. The van der Waals surface area contributed by atoms with Crippen LogP contribution in [0.4, 0.5) is 0 Å². The van der Waals surface area contributed by atoms with Gasteiger partial charge >= 0.3 is 17.9 Å². The van der Waals surface area contributed by atoms with Gasteiger partial charge in [-0.2, -0.15) is 0 Å². The first-order chi connectivity index (χ1) is 19.4. The third-order valence-corrected chi connectivity index (χ3v) is 10.8. The first-order valence-electron chi connectivity index (χ1n) is 14.8. The largest absolute Gasteiger partial charge is 0.462 e. The molecule has 0 unspecified atom stereocenters. The summed E-state index contributed by atoms with van der Waals surface area (Å²) in [5.74, 6) is -0.0402. The van der Waals surface area contributed by atoms with E-state index in [1.807, 2.05) is 0 Å². The van der Waals surface area contributed by atoms with Crippen LogP contribution in [-0.2, 0) is 23.9 Å². The number of ketones is 1. The van der Waals surface area contributed by atoms with Crippen molar-refractivity contribution in [3.8, 4) is 11.5 Å². The molecule has 1 heterocycles. The SMILES string of the molecule is CCOC(=O)C(C(=O)C(C)(C)C)=C1Sc2c(OC(=O)C3CCC(C)CC3)ccc(OC(=O)C3CCC(C)CC3)c2S1. The van der Waals surface area contributed by atoms with E-state index in [0.717, 1.165) is 51.4 Å². The molecular weight excluding hydrogens is 560 g/mol. The molecule has 3 aliphatic rings. The van der Waals surface area contributed by atoms with E-state index >= 15 is 0 Å². The predicted octanol–water partition coefficient (Wildman–Crippen LogP) is 7.74. The maximum atomic E-state index is 13.5. The van der Waals surface area contributed by atoms with E-state index in [9.17, 15) is 19.2 Å². The van der Waals surface area contributed by atoms with E-state index in [0.29, 0.717) is 37.4 Å². The van der Waals surface area contributed by atoms with Crippen molar-refractivity contribution in [1.29, 1.82) is 0 Å². The molecule has 1 aromatic carbocycles. The number of benzene rings is 1. The Morgan fingerprint density at radius 3 is 1.54 bits per heavy atom. The van der Waals surface area contributed by atoms with Crippen molar-refractivity contribution in [3.05, 3.63) is 21.9 Å². The maximum absolute atomic E-state index is 13.5. The molecule has 2 saturated carbocycles. The van der Waals surface area contributed by atoms with Gasteiger partial charge < -0.3 is 14.2 Å². The van der Waals surface area contributed by atoms with Crippen molar-refractivity contribution in [2.24, 2.45) is 29.1 Å². The highest BCUT2D eigenvalue weighted by Crippen LogP contribution is 2.59. The van der Waals surface area contributed by atoms with Gasteiger partial charge in [-0.25, -0.2) is 4.79 Å². The van der Waals surface area contributed by atoms with Crippen molar-refractivity contribution >= 4 is 47.2 Å². The van der Waals surface area contributed by atoms with Crippen LogP contribution in [-0.4, -0.2) is 30.3 Å². The molecule has 0 atom stereocenters. The Kier molecular flexibility index (Phi) is 10.3. The van der Waals surface area contributed by atoms with Gasteiger partial charge in [-0.1, -0.05) is 58.1 Å². The average Bonchev–Trinajstić information content (AvgIpc) is 3.36. The smallest absolute Gasteiger partial charge is 0.343 e. The fraction of sp³-hybridized carbons (Fsp3) is 0.625. The highest BCUT2D eigenvalue weighted by atomic mass is 32.2. The third-order valence-electron chi connectivity index (χ3n) is 8.14. The lowest BCUT2D eigenvalue weighted by molar-refractivity contribution is -0.142. The van der Waals surface area contributed by atoms with E-state index in [1.54, 1.807) is 39.8 Å². The van der Waals surface area contributed by atoms with Crippen molar-refractivity contribution < 1.29 is 33.4 Å².